The van der Waals surface area contributed by atoms with Crippen molar-refractivity contribution in [1.29, 1.82) is 0 Å². The number of aryl methyl sites for hydroxylation is 1. The minimum absolute atomic E-state index is 0.862. The van der Waals surface area contributed by atoms with Gasteiger partial charge in [0.15, 0.2) is 0 Å². The molecule has 5 aromatic rings. The summed E-state index contributed by atoms with van der Waals surface area (Å²) >= 11 is 0. The van der Waals surface area contributed by atoms with Gasteiger partial charge in [-0.3, -0.25) is 0 Å². The summed E-state index contributed by atoms with van der Waals surface area (Å²) in [5.41, 5.74) is 8.20. The largest absolute Gasteiger partial charge is 0.356 e. The molecule has 2 aromatic heterocycles. The maximum absolute atomic E-state index is 4.72. The van der Waals surface area contributed by atoms with Crippen molar-refractivity contribution in [3.05, 3.63) is 90.6 Å². The topological polar surface area (TPSA) is 66.5 Å². The second-order valence-corrected chi connectivity index (χ2v) is 7.00. The number of anilines is 2. The molecule has 29 heavy (non-hydrogen) atoms. The molecular formula is C24H19N5. The van der Waals surface area contributed by atoms with Crippen LogP contribution in [0, 0.1) is 6.92 Å². The molecule has 2 heterocycles. The van der Waals surface area contributed by atoms with Crippen molar-refractivity contribution in [3.63, 3.8) is 0 Å². The van der Waals surface area contributed by atoms with Crippen LogP contribution in [0.15, 0.2) is 85.1 Å². The number of aromatic amines is 1. The lowest BCUT2D eigenvalue weighted by atomic mass is 10.1. The number of hydrogen-bond acceptors (Lipinski definition) is 4. The van der Waals surface area contributed by atoms with Crippen molar-refractivity contribution in [2.75, 3.05) is 5.32 Å². The molecule has 5 nitrogen and oxygen atoms in total. The maximum atomic E-state index is 4.72. The fraction of sp³-hybridized carbons (Fsp3) is 0.0417. The van der Waals surface area contributed by atoms with Crippen LogP contribution in [0.5, 0.6) is 0 Å². The molecule has 0 fully saturated rings. The maximum Gasteiger partial charge on any atom is 0.138 e. The Labute approximate surface area is 168 Å². The SMILES string of the molecule is Cc1ccc2nc(-c3cccc(Nc4ccc(-c5cccnn5)cc4)c3)[nH]c2c1. The molecule has 0 aliphatic rings. The van der Waals surface area contributed by atoms with E-state index in [0.29, 0.717) is 0 Å². The third kappa shape index (κ3) is 3.58. The first-order valence-corrected chi connectivity index (χ1v) is 9.47. The van der Waals surface area contributed by atoms with E-state index >= 15 is 0 Å². The van der Waals surface area contributed by atoms with Crippen molar-refractivity contribution in [2.45, 2.75) is 6.92 Å². The van der Waals surface area contributed by atoms with Crippen LogP contribution >= 0.6 is 0 Å². The van der Waals surface area contributed by atoms with E-state index in [1.807, 2.05) is 54.6 Å². The van der Waals surface area contributed by atoms with Crippen molar-refractivity contribution in [2.24, 2.45) is 0 Å². The lowest BCUT2D eigenvalue weighted by Gasteiger charge is -2.08. The summed E-state index contributed by atoms with van der Waals surface area (Å²) in [6, 6.07) is 26.5. The molecule has 0 unspecified atom stereocenters. The Morgan fingerprint density at radius 1 is 0.793 bits per heavy atom. The van der Waals surface area contributed by atoms with E-state index in [4.69, 9.17) is 4.98 Å². The van der Waals surface area contributed by atoms with Gasteiger partial charge in [0.1, 0.15) is 5.82 Å². The third-order valence-corrected chi connectivity index (χ3v) is 4.82. The second kappa shape index (κ2) is 7.20. The summed E-state index contributed by atoms with van der Waals surface area (Å²) in [5, 5.41) is 11.5. The molecule has 5 heteroatoms. The fourth-order valence-electron chi connectivity index (χ4n) is 3.35. The molecule has 0 radical (unpaired) electrons. The van der Waals surface area contributed by atoms with Crippen molar-refractivity contribution in [3.8, 4) is 22.6 Å². The molecule has 140 valence electrons. The van der Waals surface area contributed by atoms with Crippen molar-refractivity contribution >= 4 is 22.4 Å². The highest BCUT2D eigenvalue weighted by Gasteiger charge is 2.07. The molecule has 5 rings (SSSR count). The zero-order valence-corrected chi connectivity index (χ0v) is 15.9. The molecule has 0 saturated carbocycles. The molecular weight excluding hydrogens is 358 g/mol. The van der Waals surface area contributed by atoms with Crippen molar-refractivity contribution in [1.82, 2.24) is 20.2 Å². The highest BCUT2D eigenvalue weighted by atomic mass is 15.1. The zero-order valence-electron chi connectivity index (χ0n) is 15.9. The molecule has 0 aliphatic heterocycles. The Bertz CT molecular complexity index is 1270. The van der Waals surface area contributed by atoms with Gasteiger partial charge in [0.2, 0.25) is 0 Å². The summed E-state index contributed by atoms with van der Waals surface area (Å²) < 4.78 is 0. The third-order valence-electron chi connectivity index (χ3n) is 4.82. The number of benzene rings is 3. The zero-order chi connectivity index (χ0) is 19.6. The number of aromatic nitrogens is 4. The Morgan fingerprint density at radius 2 is 1.69 bits per heavy atom. The van der Waals surface area contributed by atoms with E-state index in [1.54, 1.807) is 6.20 Å². The number of rotatable bonds is 4. The number of fused-ring (bicyclic) bond motifs is 1. The fourth-order valence-corrected chi connectivity index (χ4v) is 3.35. The predicted molar refractivity (Wildman–Crippen MR) is 117 cm³/mol. The van der Waals surface area contributed by atoms with Crippen LogP contribution in [-0.2, 0) is 0 Å². The van der Waals surface area contributed by atoms with E-state index in [-0.39, 0.29) is 0 Å². The lowest BCUT2D eigenvalue weighted by Crippen LogP contribution is -1.92. The Balaban J connectivity index is 1.39. The second-order valence-electron chi connectivity index (χ2n) is 7.00. The first-order chi connectivity index (χ1) is 14.2. The van der Waals surface area contributed by atoms with Gasteiger partial charge in [-0.05, 0) is 61.0 Å². The van der Waals surface area contributed by atoms with Gasteiger partial charge in [0, 0.05) is 28.7 Å². The molecule has 2 N–H and O–H groups in total. The number of nitrogens with one attached hydrogen (secondary N) is 2. The highest BCUT2D eigenvalue weighted by Crippen LogP contribution is 2.26. The average molecular weight is 377 g/mol. The Morgan fingerprint density at radius 3 is 2.52 bits per heavy atom. The van der Waals surface area contributed by atoms with E-state index in [1.165, 1.54) is 5.56 Å². The van der Waals surface area contributed by atoms with Gasteiger partial charge in [-0.25, -0.2) is 4.98 Å². The summed E-state index contributed by atoms with van der Waals surface area (Å²) in [5.74, 6) is 0.868. The van der Waals surface area contributed by atoms with Gasteiger partial charge >= 0.3 is 0 Å². The molecule has 0 amide bonds. The average Bonchev–Trinajstić information content (AvgIpc) is 3.18. The van der Waals surface area contributed by atoms with Crippen LogP contribution in [0.4, 0.5) is 11.4 Å². The predicted octanol–water partition coefficient (Wildman–Crippen LogP) is 5.74. The van der Waals surface area contributed by atoms with E-state index < -0.39 is 0 Å². The molecule has 0 spiro atoms. The number of H-pyrrole nitrogens is 1. The van der Waals surface area contributed by atoms with Crippen LogP contribution in [0.3, 0.4) is 0 Å². The summed E-state index contributed by atoms with van der Waals surface area (Å²) in [7, 11) is 0. The van der Waals surface area contributed by atoms with Gasteiger partial charge in [0.05, 0.1) is 16.7 Å². The molecule has 0 aliphatic carbocycles. The minimum atomic E-state index is 0.862. The number of imidazole rings is 1. The van der Waals surface area contributed by atoms with E-state index in [2.05, 4.69) is 51.7 Å². The summed E-state index contributed by atoms with van der Waals surface area (Å²) in [6.45, 7) is 2.08. The van der Waals surface area contributed by atoms with Gasteiger partial charge in [-0.15, -0.1) is 0 Å². The Kier molecular flexibility index (Phi) is 4.26. The van der Waals surface area contributed by atoms with Crippen LogP contribution < -0.4 is 5.32 Å². The first-order valence-electron chi connectivity index (χ1n) is 9.47. The van der Waals surface area contributed by atoms with Gasteiger partial charge in [-0.2, -0.15) is 10.2 Å². The van der Waals surface area contributed by atoms with Crippen molar-refractivity contribution < 1.29 is 0 Å². The van der Waals surface area contributed by atoms with Crippen LogP contribution in [0.1, 0.15) is 5.56 Å². The molecule has 0 saturated heterocycles. The van der Waals surface area contributed by atoms with Gasteiger partial charge < -0.3 is 10.3 Å². The summed E-state index contributed by atoms with van der Waals surface area (Å²) in [4.78, 5) is 8.14. The van der Waals surface area contributed by atoms with Crippen LogP contribution in [0.25, 0.3) is 33.7 Å². The standard InChI is InChI=1S/C24H19N5/c1-16-7-12-22-23(14-16)28-24(27-22)18-4-2-5-20(15-18)26-19-10-8-17(9-11-19)21-6-3-13-25-29-21/h2-15,26H,1H3,(H,27,28). The molecule has 0 bridgehead atoms. The van der Waals surface area contributed by atoms with E-state index in [0.717, 1.165) is 45.1 Å². The number of nitrogens with zero attached hydrogens (tertiary/aromatic N) is 3. The van der Waals surface area contributed by atoms with Crippen LogP contribution in [0.2, 0.25) is 0 Å². The molecule has 3 aromatic carbocycles. The first kappa shape index (κ1) is 17.1. The van der Waals surface area contributed by atoms with E-state index in [9.17, 15) is 0 Å². The number of hydrogen-bond donors (Lipinski definition) is 2. The highest BCUT2D eigenvalue weighted by molar-refractivity contribution is 5.81. The Hall–Kier alpha value is -3.99. The summed E-state index contributed by atoms with van der Waals surface area (Å²) in [6.07, 6.45) is 1.68. The van der Waals surface area contributed by atoms with Gasteiger partial charge in [-0.1, -0.05) is 30.3 Å². The quantitative estimate of drug-likeness (QED) is 0.419. The minimum Gasteiger partial charge on any atom is -0.356 e. The monoisotopic (exact) mass is 377 g/mol. The normalized spacial score (nSPS) is 10.9. The molecule has 0 atom stereocenters. The smallest absolute Gasteiger partial charge is 0.138 e. The lowest BCUT2D eigenvalue weighted by molar-refractivity contribution is 1.04. The van der Waals surface area contributed by atoms with Crippen LogP contribution in [-0.4, -0.2) is 20.2 Å². The van der Waals surface area contributed by atoms with Gasteiger partial charge in [0.25, 0.3) is 0 Å².